The number of unbranched alkanes of at least 4 members (excludes halogenated alkanes) is 1. The minimum atomic E-state index is -0.298. The molecular formula is C26H33FN6O2. The molecule has 0 spiro atoms. The summed E-state index contributed by atoms with van der Waals surface area (Å²) in [5.74, 6) is 6.95. The van der Waals surface area contributed by atoms with Gasteiger partial charge in [-0.25, -0.2) is 9.37 Å². The molecule has 1 aromatic carbocycles. The fourth-order valence-corrected chi connectivity index (χ4v) is 2.96. The van der Waals surface area contributed by atoms with Crippen molar-refractivity contribution in [3.8, 4) is 37.5 Å². The van der Waals surface area contributed by atoms with Gasteiger partial charge in [-0.05, 0) is 50.1 Å². The second-order valence-electron chi connectivity index (χ2n) is 6.68. The van der Waals surface area contributed by atoms with Crippen LogP contribution in [0.25, 0.3) is 0 Å². The maximum atomic E-state index is 13.0. The van der Waals surface area contributed by atoms with Gasteiger partial charge in [-0.3, -0.25) is 4.79 Å². The Balaban J connectivity index is 0.00000179. The van der Waals surface area contributed by atoms with Gasteiger partial charge in [0.25, 0.3) is 0 Å². The fraction of sp³-hybridized carbons (Fsp3) is 0.346. The third kappa shape index (κ3) is 11.5. The van der Waals surface area contributed by atoms with Crippen LogP contribution >= 0.6 is 0 Å². The topological polar surface area (TPSA) is 111 Å². The number of carbonyl (C=O) groups excluding carboxylic acids is 1. The summed E-state index contributed by atoms with van der Waals surface area (Å²) >= 11 is 0. The predicted octanol–water partition coefficient (Wildman–Crippen LogP) is 2.51. The third-order valence-corrected chi connectivity index (χ3v) is 4.50. The number of nitrogens with zero attached hydrogens (tertiary/aromatic N) is 2. The first-order valence-electron chi connectivity index (χ1n) is 10.8. The lowest BCUT2D eigenvalue weighted by Crippen LogP contribution is -2.40. The number of aliphatic hydroxyl groups is 1. The summed E-state index contributed by atoms with van der Waals surface area (Å²) in [5, 5.41) is 19.2. The van der Waals surface area contributed by atoms with E-state index in [1.165, 1.54) is 12.1 Å². The Morgan fingerprint density at radius 1 is 1.23 bits per heavy atom. The molecular weight excluding hydrogens is 447 g/mol. The molecule has 1 saturated heterocycles. The Kier molecular flexibility index (Phi) is 17.1. The van der Waals surface area contributed by atoms with E-state index in [1.54, 1.807) is 25.4 Å². The maximum Gasteiger partial charge on any atom is 0.237 e. The average molecular weight is 481 g/mol. The van der Waals surface area contributed by atoms with Crippen molar-refractivity contribution in [2.75, 3.05) is 37.9 Å². The molecule has 3 rings (SSSR count). The van der Waals surface area contributed by atoms with Crippen molar-refractivity contribution >= 4 is 23.4 Å². The van der Waals surface area contributed by atoms with E-state index in [9.17, 15) is 9.18 Å². The normalized spacial score (nSPS) is 13.0. The Labute approximate surface area is 207 Å². The summed E-state index contributed by atoms with van der Waals surface area (Å²) in [5.41, 5.74) is 1.39. The van der Waals surface area contributed by atoms with Gasteiger partial charge in [0, 0.05) is 32.8 Å². The summed E-state index contributed by atoms with van der Waals surface area (Å²) in [6.45, 7) is 1.53. The van der Waals surface area contributed by atoms with Crippen molar-refractivity contribution in [3.63, 3.8) is 0 Å². The molecule has 1 fully saturated rings. The zero-order valence-corrected chi connectivity index (χ0v) is 20.1. The third-order valence-electron chi connectivity index (χ3n) is 4.50. The molecule has 1 unspecified atom stereocenters. The lowest BCUT2D eigenvalue weighted by atomic mass is 10.2. The van der Waals surface area contributed by atoms with Crippen LogP contribution in [-0.2, 0) is 4.79 Å². The van der Waals surface area contributed by atoms with E-state index >= 15 is 0 Å². The molecule has 1 aliphatic heterocycles. The van der Waals surface area contributed by atoms with Crippen LogP contribution in [0.3, 0.4) is 0 Å². The van der Waals surface area contributed by atoms with Crippen molar-refractivity contribution in [1.29, 1.82) is 0 Å². The Morgan fingerprint density at radius 2 is 1.91 bits per heavy atom. The SMILES string of the molecule is C#C.C#C.CNc1nc(Nc2ccc(F)cc2)ncc1C#CCCCNC(=O)C1CCCN1.CO. The van der Waals surface area contributed by atoms with Crippen LogP contribution < -0.4 is 21.3 Å². The number of anilines is 3. The number of nitrogens with one attached hydrogen (secondary N) is 4. The van der Waals surface area contributed by atoms with Crippen LogP contribution in [0.1, 0.15) is 31.2 Å². The number of aromatic nitrogens is 2. The number of rotatable bonds is 7. The van der Waals surface area contributed by atoms with Crippen LogP contribution in [0.2, 0.25) is 0 Å². The number of aliphatic hydroxyl groups excluding tert-OH is 1. The van der Waals surface area contributed by atoms with Gasteiger partial charge in [0.2, 0.25) is 11.9 Å². The zero-order valence-electron chi connectivity index (χ0n) is 20.1. The predicted molar refractivity (Wildman–Crippen MR) is 139 cm³/mol. The molecule has 0 aliphatic carbocycles. The second kappa shape index (κ2) is 19.4. The van der Waals surface area contributed by atoms with E-state index < -0.39 is 0 Å². The number of hydrogen-bond acceptors (Lipinski definition) is 7. The van der Waals surface area contributed by atoms with Crippen molar-refractivity contribution < 1.29 is 14.3 Å². The minimum absolute atomic E-state index is 0.0431. The fourth-order valence-electron chi connectivity index (χ4n) is 2.96. The molecule has 1 atom stereocenters. The van der Waals surface area contributed by atoms with Gasteiger partial charge in [0.05, 0.1) is 17.8 Å². The van der Waals surface area contributed by atoms with E-state index in [0.717, 1.165) is 32.9 Å². The Hall–Kier alpha value is -4.10. The van der Waals surface area contributed by atoms with Crippen LogP contribution in [-0.4, -0.2) is 54.3 Å². The summed E-state index contributed by atoms with van der Waals surface area (Å²) in [6.07, 6.45) is 21.1. The molecule has 0 bridgehead atoms. The van der Waals surface area contributed by atoms with Crippen molar-refractivity contribution in [2.45, 2.75) is 31.7 Å². The van der Waals surface area contributed by atoms with Gasteiger partial charge in [0.1, 0.15) is 11.6 Å². The standard InChI is InChI=1S/C21H25FN6O.2C2H2.CH4O/c1-23-19-15(6-3-2-4-12-25-20(29)18-7-5-13-24-18)14-26-21(28-19)27-17-10-8-16(22)9-11-17;3*1-2/h8-11,14,18,24H,2,4-5,7,12-13H2,1H3,(H,25,29)(H2,23,26,27,28);2*1-2H;2H,1H3. The Bertz CT molecular complexity index is 968. The molecule has 0 saturated carbocycles. The molecule has 35 heavy (non-hydrogen) atoms. The summed E-state index contributed by atoms with van der Waals surface area (Å²) in [6, 6.07) is 5.93. The van der Waals surface area contributed by atoms with Gasteiger partial charge in [-0.2, -0.15) is 4.98 Å². The first kappa shape index (κ1) is 30.9. The number of carbonyl (C=O) groups is 1. The largest absolute Gasteiger partial charge is 0.400 e. The number of benzene rings is 1. The van der Waals surface area contributed by atoms with Crippen LogP contribution in [0, 0.1) is 43.4 Å². The van der Waals surface area contributed by atoms with Gasteiger partial charge >= 0.3 is 0 Å². The van der Waals surface area contributed by atoms with Crippen molar-refractivity contribution in [3.05, 3.63) is 41.8 Å². The highest BCUT2D eigenvalue weighted by molar-refractivity contribution is 5.81. The summed E-state index contributed by atoms with van der Waals surface area (Å²) < 4.78 is 13.0. The molecule has 2 aromatic rings. The van der Waals surface area contributed by atoms with Gasteiger partial charge in [-0.1, -0.05) is 11.8 Å². The second-order valence-corrected chi connectivity index (χ2v) is 6.68. The van der Waals surface area contributed by atoms with Gasteiger partial charge in [-0.15, -0.1) is 25.7 Å². The summed E-state index contributed by atoms with van der Waals surface area (Å²) in [7, 11) is 2.77. The number of amides is 1. The minimum Gasteiger partial charge on any atom is -0.400 e. The Morgan fingerprint density at radius 3 is 2.51 bits per heavy atom. The number of halogens is 1. The highest BCUT2D eigenvalue weighted by atomic mass is 19.1. The molecule has 9 heteroatoms. The quantitative estimate of drug-likeness (QED) is 0.306. The van der Waals surface area contributed by atoms with Crippen molar-refractivity contribution in [2.24, 2.45) is 0 Å². The van der Waals surface area contributed by atoms with Crippen LogP contribution in [0.15, 0.2) is 30.5 Å². The molecule has 8 nitrogen and oxygen atoms in total. The molecule has 1 amide bonds. The monoisotopic (exact) mass is 480 g/mol. The van der Waals surface area contributed by atoms with E-state index in [0.29, 0.717) is 36.0 Å². The highest BCUT2D eigenvalue weighted by Crippen LogP contribution is 2.17. The summed E-state index contributed by atoms with van der Waals surface area (Å²) in [4.78, 5) is 20.6. The maximum absolute atomic E-state index is 13.0. The lowest BCUT2D eigenvalue weighted by Gasteiger charge is -2.10. The zero-order chi connectivity index (χ0) is 26.5. The van der Waals surface area contributed by atoms with E-state index in [-0.39, 0.29) is 17.8 Å². The van der Waals surface area contributed by atoms with E-state index in [2.05, 4.69) is 68.8 Å². The number of hydrogen-bond donors (Lipinski definition) is 5. The number of terminal acetylenes is 2. The first-order valence-corrected chi connectivity index (χ1v) is 10.8. The average Bonchev–Trinajstić information content (AvgIpc) is 3.47. The highest BCUT2D eigenvalue weighted by Gasteiger charge is 2.20. The van der Waals surface area contributed by atoms with Crippen LogP contribution in [0.5, 0.6) is 0 Å². The molecule has 1 aliphatic rings. The van der Waals surface area contributed by atoms with E-state index in [1.807, 2.05) is 0 Å². The van der Waals surface area contributed by atoms with E-state index in [4.69, 9.17) is 5.11 Å². The molecule has 186 valence electrons. The molecule has 0 radical (unpaired) electrons. The van der Waals surface area contributed by atoms with Crippen molar-refractivity contribution in [1.82, 2.24) is 20.6 Å². The molecule has 2 heterocycles. The van der Waals surface area contributed by atoms with Gasteiger partial charge in [0.15, 0.2) is 0 Å². The smallest absolute Gasteiger partial charge is 0.237 e. The molecule has 1 aromatic heterocycles. The van der Waals surface area contributed by atoms with Crippen LogP contribution in [0.4, 0.5) is 21.8 Å². The van der Waals surface area contributed by atoms with Gasteiger partial charge < -0.3 is 26.4 Å². The first-order chi connectivity index (χ1) is 17.2. The lowest BCUT2D eigenvalue weighted by molar-refractivity contribution is -0.122. The molecule has 5 N–H and O–H groups in total.